The summed E-state index contributed by atoms with van der Waals surface area (Å²) in [6.45, 7) is 8.34. The van der Waals surface area contributed by atoms with Gasteiger partial charge >= 0.3 is 5.97 Å². The van der Waals surface area contributed by atoms with E-state index < -0.39 is 5.97 Å². The highest BCUT2D eigenvalue weighted by atomic mass is 19.1. The first-order valence-corrected chi connectivity index (χ1v) is 11.6. The quantitative estimate of drug-likeness (QED) is 0.416. The van der Waals surface area contributed by atoms with E-state index in [9.17, 15) is 14.0 Å². The first kappa shape index (κ1) is 24.7. The second-order valence-corrected chi connectivity index (χ2v) is 8.57. The van der Waals surface area contributed by atoms with Gasteiger partial charge in [0.2, 0.25) is 0 Å². The minimum atomic E-state index is -0.442. The predicted octanol–water partition coefficient (Wildman–Crippen LogP) is 4.28. The molecule has 1 saturated heterocycles. The highest BCUT2D eigenvalue weighted by Gasteiger charge is 2.32. The van der Waals surface area contributed by atoms with Crippen LogP contribution in [0.5, 0.6) is 5.75 Å². The lowest BCUT2D eigenvalue weighted by molar-refractivity contribution is -0.139. The summed E-state index contributed by atoms with van der Waals surface area (Å²) in [7, 11) is 0. The monoisotopic (exact) mass is 456 g/mol. The van der Waals surface area contributed by atoms with Crippen LogP contribution in [0.1, 0.15) is 49.5 Å². The van der Waals surface area contributed by atoms with Crippen LogP contribution in [-0.2, 0) is 16.1 Å². The Morgan fingerprint density at radius 1 is 1.03 bits per heavy atom. The average Bonchev–Trinajstić information content (AvgIpc) is 2.81. The molecule has 0 spiro atoms. The van der Waals surface area contributed by atoms with E-state index in [1.54, 1.807) is 36.4 Å². The van der Waals surface area contributed by atoms with Crippen molar-refractivity contribution in [3.63, 3.8) is 0 Å². The molecule has 1 aliphatic heterocycles. The molecule has 2 aromatic rings. The van der Waals surface area contributed by atoms with Crippen LogP contribution < -0.4 is 4.74 Å². The van der Waals surface area contributed by atoms with E-state index in [1.807, 2.05) is 18.7 Å². The summed E-state index contributed by atoms with van der Waals surface area (Å²) in [6.07, 6.45) is 1.74. The Morgan fingerprint density at radius 3 is 2.48 bits per heavy atom. The van der Waals surface area contributed by atoms with Crippen molar-refractivity contribution in [3.05, 3.63) is 65.5 Å². The molecule has 1 amide bonds. The molecule has 0 bridgehead atoms. The zero-order valence-corrected chi connectivity index (χ0v) is 19.6. The Bertz CT molecular complexity index is 934. The van der Waals surface area contributed by atoms with Gasteiger partial charge in [0.15, 0.2) is 6.61 Å². The maximum atomic E-state index is 13.2. The molecule has 1 fully saturated rings. The van der Waals surface area contributed by atoms with Gasteiger partial charge in [0, 0.05) is 31.7 Å². The van der Waals surface area contributed by atoms with Crippen molar-refractivity contribution in [2.45, 2.75) is 52.2 Å². The van der Waals surface area contributed by atoms with E-state index in [4.69, 9.17) is 9.47 Å². The number of carbonyl (C=O) groups is 2. The lowest BCUT2D eigenvalue weighted by Crippen LogP contribution is -2.58. The van der Waals surface area contributed by atoms with Gasteiger partial charge in [-0.05, 0) is 50.1 Å². The van der Waals surface area contributed by atoms with Gasteiger partial charge in [-0.1, -0.05) is 37.6 Å². The number of piperazine rings is 1. The van der Waals surface area contributed by atoms with E-state index >= 15 is 0 Å². The van der Waals surface area contributed by atoms with Gasteiger partial charge < -0.3 is 14.4 Å². The van der Waals surface area contributed by atoms with Gasteiger partial charge in [0.1, 0.15) is 17.1 Å². The highest BCUT2D eigenvalue weighted by Crippen LogP contribution is 2.21. The Hall–Kier alpha value is -2.93. The third-order valence-electron chi connectivity index (χ3n) is 5.92. The van der Waals surface area contributed by atoms with E-state index in [0.29, 0.717) is 37.6 Å². The number of amides is 1. The molecular formula is C26H33FN2O4. The van der Waals surface area contributed by atoms with Crippen LogP contribution >= 0.6 is 0 Å². The van der Waals surface area contributed by atoms with Gasteiger partial charge in [-0.2, -0.15) is 0 Å². The van der Waals surface area contributed by atoms with Crippen LogP contribution in [0.4, 0.5) is 4.39 Å². The molecule has 1 aliphatic rings. The number of rotatable bonds is 9. The molecule has 0 unspecified atom stereocenters. The van der Waals surface area contributed by atoms with E-state index in [2.05, 4.69) is 11.8 Å². The number of para-hydroxylation sites is 1. The summed E-state index contributed by atoms with van der Waals surface area (Å²) in [4.78, 5) is 29.4. The first-order valence-electron chi connectivity index (χ1n) is 11.6. The Kier molecular flexibility index (Phi) is 8.83. The SMILES string of the molecule is CCCCOC(=O)c1ccccc1OCC(=O)N1C[C@H](C)N(Cc2ccc(F)cc2)C[C@H]1C. The molecule has 178 valence electrons. The molecule has 2 atom stereocenters. The average molecular weight is 457 g/mol. The summed E-state index contributed by atoms with van der Waals surface area (Å²) in [5, 5.41) is 0. The number of esters is 1. The topological polar surface area (TPSA) is 59.1 Å². The van der Waals surface area contributed by atoms with Gasteiger partial charge in [-0.25, -0.2) is 9.18 Å². The minimum absolute atomic E-state index is 0.00648. The maximum Gasteiger partial charge on any atom is 0.341 e. The normalized spacial score (nSPS) is 18.7. The Morgan fingerprint density at radius 2 is 1.76 bits per heavy atom. The van der Waals surface area contributed by atoms with Crippen molar-refractivity contribution in [2.75, 3.05) is 26.3 Å². The summed E-state index contributed by atoms with van der Waals surface area (Å²) >= 11 is 0. The molecule has 6 nitrogen and oxygen atoms in total. The van der Waals surface area contributed by atoms with Crippen molar-refractivity contribution >= 4 is 11.9 Å². The van der Waals surface area contributed by atoms with Crippen LogP contribution in [-0.4, -0.2) is 60.1 Å². The van der Waals surface area contributed by atoms with Crippen molar-refractivity contribution < 1.29 is 23.5 Å². The lowest BCUT2D eigenvalue weighted by atomic mass is 10.1. The second-order valence-electron chi connectivity index (χ2n) is 8.57. The summed E-state index contributed by atoms with van der Waals surface area (Å²) < 4.78 is 24.2. The summed E-state index contributed by atoms with van der Waals surface area (Å²) in [5.74, 6) is -0.456. The van der Waals surface area contributed by atoms with Gasteiger partial charge in [0.25, 0.3) is 5.91 Å². The number of unbranched alkanes of at least 4 members (excludes halogenated alkanes) is 1. The first-order chi connectivity index (χ1) is 15.9. The molecule has 0 N–H and O–H groups in total. The Balaban J connectivity index is 1.56. The molecule has 0 aromatic heterocycles. The highest BCUT2D eigenvalue weighted by molar-refractivity contribution is 5.92. The van der Waals surface area contributed by atoms with E-state index in [1.165, 1.54) is 12.1 Å². The molecule has 0 radical (unpaired) electrons. The molecule has 0 saturated carbocycles. The number of hydrogen-bond acceptors (Lipinski definition) is 5. The van der Waals surface area contributed by atoms with E-state index in [-0.39, 0.29) is 30.4 Å². The number of hydrogen-bond donors (Lipinski definition) is 0. The van der Waals surface area contributed by atoms with Crippen LogP contribution in [0.2, 0.25) is 0 Å². The van der Waals surface area contributed by atoms with Crippen LogP contribution in [0.3, 0.4) is 0 Å². The van der Waals surface area contributed by atoms with Crippen molar-refractivity contribution in [2.24, 2.45) is 0 Å². The fourth-order valence-corrected chi connectivity index (χ4v) is 3.96. The van der Waals surface area contributed by atoms with Crippen LogP contribution in [0, 0.1) is 5.82 Å². The minimum Gasteiger partial charge on any atom is -0.483 e. The third-order valence-corrected chi connectivity index (χ3v) is 5.92. The lowest BCUT2D eigenvalue weighted by Gasteiger charge is -2.44. The molecule has 2 aromatic carbocycles. The summed E-state index contributed by atoms with van der Waals surface area (Å²) in [5.41, 5.74) is 1.37. The Labute approximate surface area is 195 Å². The molecule has 3 rings (SSSR count). The molecular weight excluding hydrogens is 423 g/mol. The number of nitrogens with zero attached hydrogens (tertiary/aromatic N) is 2. The number of carbonyl (C=O) groups excluding carboxylic acids is 2. The fraction of sp³-hybridized carbons (Fsp3) is 0.462. The van der Waals surface area contributed by atoms with Crippen LogP contribution in [0.25, 0.3) is 0 Å². The smallest absolute Gasteiger partial charge is 0.341 e. The fourth-order valence-electron chi connectivity index (χ4n) is 3.96. The third kappa shape index (κ3) is 6.78. The largest absolute Gasteiger partial charge is 0.483 e. The zero-order valence-electron chi connectivity index (χ0n) is 19.6. The zero-order chi connectivity index (χ0) is 23.8. The summed E-state index contributed by atoms with van der Waals surface area (Å²) in [6, 6.07) is 13.5. The van der Waals surface area contributed by atoms with E-state index in [0.717, 1.165) is 18.4 Å². The standard InChI is InChI=1S/C26H33FN2O4/c1-4-5-14-32-26(31)23-8-6-7-9-24(23)33-18-25(30)29-16-19(2)28(15-20(29)3)17-21-10-12-22(27)13-11-21/h6-13,19-20H,4-5,14-18H2,1-3H3/t19-,20+/m0/s1. The molecule has 1 heterocycles. The number of benzene rings is 2. The molecule has 33 heavy (non-hydrogen) atoms. The van der Waals surface area contributed by atoms with Gasteiger partial charge in [-0.3, -0.25) is 9.69 Å². The second kappa shape index (κ2) is 11.8. The number of halogens is 1. The van der Waals surface area contributed by atoms with Gasteiger partial charge in [0.05, 0.1) is 6.61 Å². The van der Waals surface area contributed by atoms with Gasteiger partial charge in [-0.15, -0.1) is 0 Å². The predicted molar refractivity (Wildman–Crippen MR) is 125 cm³/mol. The van der Waals surface area contributed by atoms with Crippen molar-refractivity contribution in [1.82, 2.24) is 9.80 Å². The van der Waals surface area contributed by atoms with Crippen LogP contribution in [0.15, 0.2) is 48.5 Å². The van der Waals surface area contributed by atoms with Crippen molar-refractivity contribution in [3.8, 4) is 5.75 Å². The molecule has 7 heteroatoms. The molecule has 0 aliphatic carbocycles. The maximum absolute atomic E-state index is 13.2. The number of ether oxygens (including phenoxy) is 2. The van der Waals surface area contributed by atoms with Crippen molar-refractivity contribution in [1.29, 1.82) is 0 Å².